The molecule has 31 heavy (non-hydrogen) atoms. The van der Waals surface area contributed by atoms with Crippen molar-refractivity contribution in [2.45, 2.75) is 58.2 Å². The molecule has 2 bridgehead atoms. The van der Waals surface area contributed by atoms with Gasteiger partial charge in [-0.1, -0.05) is 18.2 Å². The predicted molar refractivity (Wildman–Crippen MR) is 125 cm³/mol. The van der Waals surface area contributed by atoms with E-state index in [-0.39, 0.29) is 0 Å². The van der Waals surface area contributed by atoms with Crippen LogP contribution in [0.3, 0.4) is 0 Å². The maximum atomic E-state index is 4.50. The summed E-state index contributed by atoms with van der Waals surface area (Å²) in [4.78, 5) is 8.86. The molecule has 1 fully saturated rings. The van der Waals surface area contributed by atoms with Crippen LogP contribution in [-0.2, 0) is 19.4 Å². The van der Waals surface area contributed by atoms with E-state index in [0.717, 1.165) is 25.1 Å². The molecule has 1 N–H and O–H groups in total. The fourth-order valence-corrected chi connectivity index (χ4v) is 5.71. The zero-order valence-corrected chi connectivity index (χ0v) is 18.2. The zero-order chi connectivity index (χ0) is 20.9. The zero-order valence-electron chi connectivity index (χ0n) is 18.2. The molecule has 4 aromatic rings. The molecule has 2 aliphatic rings. The van der Waals surface area contributed by atoms with E-state index in [9.17, 15) is 0 Å². The summed E-state index contributed by atoms with van der Waals surface area (Å²) in [6.45, 7) is 5.34. The Kier molecular flexibility index (Phi) is 4.43. The first-order chi connectivity index (χ1) is 15.2. The lowest BCUT2D eigenvalue weighted by Gasteiger charge is -2.24. The molecule has 4 nitrogen and oxygen atoms in total. The summed E-state index contributed by atoms with van der Waals surface area (Å²) >= 11 is 0. The number of aromatic nitrogens is 3. The average Bonchev–Trinajstić information content (AvgIpc) is 3.33. The molecule has 3 aromatic heterocycles. The standard InChI is InChI=1S/C27H28N4/c1-17-5-6-19(15-29-17)11-13-31-24-10-8-22(20-4-3-12-28-16-20)18(2)26(24)27-23-9-7-21(30-23)14-25(27)31/h3-6,8,10,12,15-16,21,23,30H,7,9,11,13-14H2,1-2H3. The molecular weight excluding hydrogens is 380 g/mol. The minimum atomic E-state index is 0.487. The SMILES string of the molecule is Cc1ccc(CCn2c3c(c4c(C)c(-c5cccnc5)ccc42)C2CCC(C3)N2)cn1. The Morgan fingerprint density at radius 2 is 2.00 bits per heavy atom. The first-order valence-corrected chi connectivity index (χ1v) is 11.4. The van der Waals surface area contributed by atoms with Crippen molar-refractivity contribution >= 4 is 10.9 Å². The Balaban J connectivity index is 1.50. The van der Waals surface area contributed by atoms with Crippen LogP contribution in [0.2, 0.25) is 0 Å². The van der Waals surface area contributed by atoms with Crippen LogP contribution < -0.4 is 5.32 Å². The summed E-state index contributed by atoms with van der Waals surface area (Å²) in [7, 11) is 0. The van der Waals surface area contributed by atoms with Gasteiger partial charge in [0, 0.05) is 71.5 Å². The Labute approximate surface area is 183 Å². The number of hydrogen-bond acceptors (Lipinski definition) is 3. The van der Waals surface area contributed by atoms with Gasteiger partial charge in [0.25, 0.3) is 0 Å². The number of rotatable bonds is 4. The van der Waals surface area contributed by atoms with Crippen molar-refractivity contribution in [1.29, 1.82) is 0 Å². The van der Waals surface area contributed by atoms with Gasteiger partial charge in [-0.2, -0.15) is 0 Å². The molecular formula is C27H28N4. The Hall–Kier alpha value is -2.98. The van der Waals surface area contributed by atoms with Crippen molar-refractivity contribution in [3.63, 3.8) is 0 Å². The molecule has 2 unspecified atom stereocenters. The van der Waals surface area contributed by atoms with Gasteiger partial charge in [-0.25, -0.2) is 0 Å². The number of fused-ring (bicyclic) bond motifs is 6. The Morgan fingerprint density at radius 3 is 2.81 bits per heavy atom. The molecule has 0 aliphatic carbocycles. The topological polar surface area (TPSA) is 42.7 Å². The van der Waals surface area contributed by atoms with Gasteiger partial charge in [-0.15, -0.1) is 0 Å². The lowest BCUT2D eigenvalue weighted by atomic mass is 9.92. The molecule has 2 atom stereocenters. The van der Waals surface area contributed by atoms with E-state index in [1.807, 2.05) is 31.6 Å². The third-order valence-corrected chi connectivity index (χ3v) is 7.24. The number of benzene rings is 1. The number of nitrogens with zero attached hydrogens (tertiary/aromatic N) is 3. The Bertz CT molecular complexity index is 1250. The molecule has 2 aliphatic heterocycles. The van der Waals surface area contributed by atoms with Crippen molar-refractivity contribution in [1.82, 2.24) is 19.9 Å². The molecule has 0 radical (unpaired) electrons. The molecule has 5 heterocycles. The van der Waals surface area contributed by atoms with E-state index in [4.69, 9.17) is 0 Å². The van der Waals surface area contributed by atoms with Crippen LogP contribution >= 0.6 is 0 Å². The maximum Gasteiger partial charge on any atom is 0.0489 e. The van der Waals surface area contributed by atoms with Gasteiger partial charge in [0.2, 0.25) is 0 Å². The van der Waals surface area contributed by atoms with Gasteiger partial charge in [0.1, 0.15) is 0 Å². The summed E-state index contributed by atoms with van der Waals surface area (Å²) in [5, 5.41) is 5.34. The van der Waals surface area contributed by atoms with E-state index >= 15 is 0 Å². The van der Waals surface area contributed by atoms with Crippen LogP contribution in [0.25, 0.3) is 22.0 Å². The van der Waals surface area contributed by atoms with E-state index in [1.165, 1.54) is 46.0 Å². The molecule has 0 amide bonds. The minimum absolute atomic E-state index is 0.487. The summed E-state index contributed by atoms with van der Waals surface area (Å²) in [6, 6.07) is 14.3. The molecule has 1 saturated heterocycles. The quantitative estimate of drug-likeness (QED) is 0.498. The highest BCUT2D eigenvalue weighted by atomic mass is 15.1. The fraction of sp³-hybridized carbons (Fsp3) is 0.333. The molecule has 4 heteroatoms. The van der Waals surface area contributed by atoms with Gasteiger partial charge in [-0.3, -0.25) is 9.97 Å². The van der Waals surface area contributed by atoms with Gasteiger partial charge in [-0.05, 0) is 73.6 Å². The summed E-state index contributed by atoms with van der Waals surface area (Å²) < 4.78 is 2.61. The summed E-state index contributed by atoms with van der Waals surface area (Å²) in [6.07, 6.45) is 10.5. The fourth-order valence-electron chi connectivity index (χ4n) is 5.71. The van der Waals surface area contributed by atoms with E-state index in [2.05, 4.69) is 57.1 Å². The van der Waals surface area contributed by atoms with Crippen LogP contribution in [-0.4, -0.2) is 20.6 Å². The van der Waals surface area contributed by atoms with Crippen molar-refractivity contribution in [3.8, 4) is 11.1 Å². The number of pyridine rings is 2. The molecule has 1 aromatic carbocycles. The van der Waals surface area contributed by atoms with E-state index < -0.39 is 0 Å². The second kappa shape index (κ2) is 7.31. The van der Waals surface area contributed by atoms with Crippen molar-refractivity contribution in [2.75, 3.05) is 0 Å². The van der Waals surface area contributed by atoms with Crippen molar-refractivity contribution < 1.29 is 0 Å². The van der Waals surface area contributed by atoms with E-state index in [1.54, 1.807) is 11.3 Å². The first-order valence-electron chi connectivity index (χ1n) is 11.4. The molecule has 0 spiro atoms. The van der Waals surface area contributed by atoms with Crippen molar-refractivity contribution in [3.05, 3.63) is 83.1 Å². The first kappa shape index (κ1) is 18.8. The van der Waals surface area contributed by atoms with Crippen LogP contribution in [0.1, 0.15) is 47.0 Å². The monoisotopic (exact) mass is 408 g/mol. The highest BCUT2D eigenvalue weighted by molar-refractivity contribution is 5.94. The summed E-state index contributed by atoms with van der Waals surface area (Å²) in [5.41, 5.74) is 10.7. The number of hydrogen-bond donors (Lipinski definition) is 1. The predicted octanol–water partition coefficient (Wildman–Crippen LogP) is 5.31. The van der Waals surface area contributed by atoms with Gasteiger partial charge < -0.3 is 9.88 Å². The van der Waals surface area contributed by atoms with Crippen LogP contribution in [0.15, 0.2) is 55.0 Å². The van der Waals surface area contributed by atoms with Crippen LogP contribution in [0, 0.1) is 13.8 Å². The summed E-state index contributed by atoms with van der Waals surface area (Å²) in [5.74, 6) is 0. The number of aryl methyl sites for hydroxylation is 4. The number of nitrogens with one attached hydrogen (secondary N) is 1. The lowest BCUT2D eigenvalue weighted by Crippen LogP contribution is -2.32. The van der Waals surface area contributed by atoms with Gasteiger partial charge in [0.15, 0.2) is 0 Å². The van der Waals surface area contributed by atoms with Gasteiger partial charge in [0.05, 0.1) is 0 Å². The van der Waals surface area contributed by atoms with Crippen molar-refractivity contribution in [2.24, 2.45) is 0 Å². The smallest absolute Gasteiger partial charge is 0.0489 e. The van der Waals surface area contributed by atoms with Crippen LogP contribution in [0.5, 0.6) is 0 Å². The normalized spacial score (nSPS) is 19.7. The maximum absolute atomic E-state index is 4.50. The largest absolute Gasteiger partial charge is 0.344 e. The van der Waals surface area contributed by atoms with Crippen LogP contribution in [0.4, 0.5) is 0 Å². The second-order valence-electron chi connectivity index (χ2n) is 9.14. The molecule has 6 rings (SSSR count). The average molecular weight is 409 g/mol. The van der Waals surface area contributed by atoms with E-state index in [0.29, 0.717) is 12.1 Å². The third-order valence-electron chi connectivity index (χ3n) is 7.24. The third kappa shape index (κ3) is 3.09. The highest BCUT2D eigenvalue weighted by Crippen LogP contribution is 2.44. The molecule has 156 valence electrons. The highest BCUT2D eigenvalue weighted by Gasteiger charge is 2.37. The minimum Gasteiger partial charge on any atom is -0.344 e. The lowest BCUT2D eigenvalue weighted by molar-refractivity contribution is 0.495. The second-order valence-corrected chi connectivity index (χ2v) is 9.14. The molecule has 0 saturated carbocycles. The Morgan fingerprint density at radius 1 is 1.06 bits per heavy atom. The van der Waals surface area contributed by atoms with Gasteiger partial charge >= 0.3 is 0 Å².